The van der Waals surface area contributed by atoms with E-state index in [4.69, 9.17) is 9.47 Å². The number of carbonyl (C=O) groups is 1. The van der Waals surface area contributed by atoms with E-state index in [0.29, 0.717) is 17.1 Å². The molecule has 2 aromatic carbocycles. The number of aliphatic hydroxyl groups excluding tert-OH is 1. The van der Waals surface area contributed by atoms with Crippen LogP contribution in [0.5, 0.6) is 11.5 Å². The third-order valence-electron chi connectivity index (χ3n) is 3.59. The van der Waals surface area contributed by atoms with Crippen LogP contribution in [0.15, 0.2) is 42.5 Å². The van der Waals surface area contributed by atoms with Gasteiger partial charge in [0.15, 0.2) is 11.5 Å². The van der Waals surface area contributed by atoms with Crippen molar-refractivity contribution in [2.24, 2.45) is 0 Å². The third kappa shape index (κ3) is 4.24. The number of methoxy groups -OCH3 is 2. The summed E-state index contributed by atoms with van der Waals surface area (Å²) >= 11 is 0. The van der Waals surface area contributed by atoms with Crippen LogP contribution in [0, 0.1) is 10.1 Å². The molecule has 0 aromatic heterocycles. The number of benzene rings is 2. The maximum Gasteiger partial charge on any atom is 0.269 e. The topological polar surface area (TPSA) is 111 Å². The lowest BCUT2D eigenvalue weighted by atomic mass is 10.1. The molecule has 25 heavy (non-hydrogen) atoms. The number of non-ortho nitro benzene ring substituents is 1. The fraction of sp³-hybridized carbons (Fsp3) is 0.235. The maximum absolute atomic E-state index is 12.3. The lowest BCUT2D eigenvalue weighted by Crippen LogP contribution is -2.28. The summed E-state index contributed by atoms with van der Waals surface area (Å²) in [4.78, 5) is 22.4. The van der Waals surface area contributed by atoms with Crippen LogP contribution >= 0.6 is 0 Å². The molecular formula is C17H18N2O6. The normalized spacial score (nSPS) is 11.5. The Kier molecular flexibility index (Phi) is 5.91. The van der Waals surface area contributed by atoms with Crippen molar-refractivity contribution in [3.8, 4) is 11.5 Å². The lowest BCUT2D eigenvalue weighted by molar-refractivity contribution is -0.384. The van der Waals surface area contributed by atoms with Crippen LogP contribution in [0.3, 0.4) is 0 Å². The number of rotatable bonds is 7. The molecular weight excluding hydrogens is 328 g/mol. The Labute approximate surface area is 144 Å². The lowest BCUT2D eigenvalue weighted by Gasteiger charge is -2.15. The Bertz CT molecular complexity index is 760. The van der Waals surface area contributed by atoms with Crippen molar-refractivity contribution < 1.29 is 24.3 Å². The molecule has 0 spiro atoms. The predicted molar refractivity (Wildman–Crippen MR) is 89.9 cm³/mol. The van der Waals surface area contributed by atoms with E-state index in [1.807, 2.05) is 0 Å². The number of nitro groups is 1. The van der Waals surface area contributed by atoms with Crippen molar-refractivity contribution in [1.29, 1.82) is 0 Å². The quantitative estimate of drug-likeness (QED) is 0.586. The summed E-state index contributed by atoms with van der Waals surface area (Å²) in [6.45, 7) is -0.0585. The highest BCUT2D eigenvalue weighted by Gasteiger charge is 2.18. The van der Waals surface area contributed by atoms with E-state index < -0.39 is 16.9 Å². The van der Waals surface area contributed by atoms with Crippen LogP contribution in [-0.4, -0.2) is 36.7 Å². The van der Waals surface area contributed by atoms with Crippen molar-refractivity contribution in [3.63, 3.8) is 0 Å². The van der Waals surface area contributed by atoms with Crippen LogP contribution in [0.2, 0.25) is 0 Å². The number of hydrogen-bond acceptors (Lipinski definition) is 6. The van der Waals surface area contributed by atoms with Crippen molar-refractivity contribution >= 4 is 11.6 Å². The Morgan fingerprint density at radius 1 is 1.20 bits per heavy atom. The minimum absolute atomic E-state index is 0.0585. The second kappa shape index (κ2) is 8.11. The molecule has 0 aliphatic carbocycles. The number of nitrogens with zero attached hydrogens (tertiary/aromatic N) is 1. The molecule has 0 heterocycles. The first-order valence-electron chi connectivity index (χ1n) is 7.39. The third-order valence-corrected chi connectivity index (χ3v) is 3.59. The van der Waals surface area contributed by atoms with Gasteiger partial charge >= 0.3 is 0 Å². The Balaban J connectivity index is 2.05. The highest BCUT2D eigenvalue weighted by atomic mass is 16.6. The van der Waals surface area contributed by atoms with Gasteiger partial charge in [-0.2, -0.15) is 0 Å². The maximum atomic E-state index is 12.3. The van der Waals surface area contributed by atoms with E-state index >= 15 is 0 Å². The van der Waals surface area contributed by atoms with Gasteiger partial charge in [0.1, 0.15) is 0 Å². The van der Waals surface area contributed by atoms with Gasteiger partial charge in [0.25, 0.3) is 11.6 Å². The van der Waals surface area contributed by atoms with E-state index in [1.165, 1.54) is 38.5 Å². The largest absolute Gasteiger partial charge is 0.493 e. The van der Waals surface area contributed by atoms with Gasteiger partial charge in [-0.25, -0.2) is 0 Å². The Hall–Kier alpha value is -3.13. The Morgan fingerprint density at radius 3 is 2.44 bits per heavy atom. The van der Waals surface area contributed by atoms with Gasteiger partial charge in [-0.1, -0.05) is 6.07 Å². The van der Waals surface area contributed by atoms with Gasteiger partial charge < -0.3 is 19.9 Å². The SMILES string of the molecule is COc1cccc(C(=O)NCC(O)c2ccc([N+](=O)[O-])cc2)c1OC. The first-order chi connectivity index (χ1) is 12.0. The zero-order valence-electron chi connectivity index (χ0n) is 13.8. The number of nitro benzene ring substituents is 1. The summed E-state index contributed by atoms with van der Waals surface area (Å²) in [6.07, 6.45) is -0.999. The van der Waals surface area contributed by atoms with Crippen molar-refractivity contribution in [3.05, 3.63) is 63.7 Å². The highest BCUT2D eigenvalue weighted by molar-refractivity contribution is 5.97. The number of hydrogen-bond donors (Lipinski definition) is 2. The molecule has 1 amide bonds. The highest BCUT2D eigenvalue weighted by Crippen LogP contribution is 2.30. The number of carbonyl (C=O) groups excluding carboxylic acids is 1. The smallest absolute Gasteiger partial charge is 0.269 e. The zero-order valence-corrected chi connectivity index (χ0v) is 13.8. The van der Waals surface area contributed by atoms with Crippen LogP contribution in [-0.2, 0) is 0 Å². The molecule has 2 rings (SSSR count). The predicted octanol–water partition coefficient (Wildman–Crippen LogP) is 2.08. The first-order valence-corrected chi connectivity index (χ1v) is 7.39. The number of ether oxygens (including phenoxy) is 2. The van der Waals surface area contributed by atoms with Crippen LogP contribution < -0.4 is 14.8 Å². The van der Waals surface area contributed by atoms with Gasteiger partial charge in [0.2, 0.25) is 0 Å². The molecule has 2 aromatic rings. The van der Waals surface area contributed by atoms with Gasteiger partial charge in [-0.05, 0) is 29.8 Å². The fourth-order valence-corrected chi connectivity index (χ4v) is 2.29. The molecule has 8 nitrogen and oxygen atoms in total. The molecule has 8 heteroatoms. The number of amides is 1. The second-order valence-electron chi connectivity index (χ2n) is 5.12. The van der Waals surface area contributed by atoms with Gasteiger partial charge in [0.05, 0.1) is 30.8 Å². The standard InChI is InChI=1S/C17H18N2O6/c1-24-15-5-3-4-13(16(15)25-2)17(21)18-10-14(20)11-6-8-12(9-7-11)19(22)23/h3-9,14,20H,10H2,1-2H3,(H,18,21). The molecule has 0 saturated heterocycles. The van der Waals surface area contributed by atoms with Crippen LogP contribution in [0.4, 0.5) is 5.69 Å². The van der Waals surface area contributed by atoms with Gasteiger partial charge in [-0.15, -0.1) is 0 Å². The van der Waals surface area contributed by atoms with E-state index in [2.05, 4.69) is 5.32 Å². The summed E-state index contributed by atoms with van der Waals surface area (Å²) in [5.74, 6) is 0.287. The summed E-state index contributed by atoms with van der Waals surface area (Å²) in [6, 6.07) is 10.4. The zero-order chi connectivity index (χ0) is 18.4. The fourth-order valence-electron chi connectivity index (χ4n) is 2.29. The summed E-state index contributed by atoms with van der Waals surface area (Å²) in [5.41, 5.74) is 0.669. The van der Waals surface area contributed by atoms with Crippen molar-refractivity contribution in [1.82, 2.24) is 5.32 Å². The molecule has 0 aliphatic heterocycles. The monoisotopic (exact) mass is 346 g/mol. The summed E-state index contributed by atoms with van der Waals surface area (Å²) < 4.78 is 10.3. The van der Waals surface area contributed by atoms with E-state index in [1.54, 1.807) is 18.2 Å². The number of para-hydroxylation sites is 1. The number of nitrogens with one attached hydrogen (secondary N) is 1. The minimum atomic E-state index is -0.999. The van der Waals surface area contributed by atoms with Gasteiger partial charge in [-0.3, -0.25) is 14.9 Å². The molecule has 0 saturated carbocycles. The summed E-state index contributed by atoms with van der Waals surface area (Å²) in [5, 5.41) is 23.4. The molecule has 0 bridgehead atoms. The first kappa shape index (κ1) is 18.2. The molecule has 0 radical (unpaired) electrons. The molecule has 1 unspecified atom stereocenters. The molecule has 0 fully saturated rings. The summed E-state index contributed by atoms with van der Waals surface area (Å²) in [7, 11) is 2.90. The van der Waals surface area contributed by atoms with Crippen molar-refractivity contribution in [2.45, 2.75) is 6.10 Å². The minimum Gasteiger partial charge on any atom is -0.493 e. The molecule has 1 atom stereocenters. The Morgan fingerprint density at radius 2 is 1.88 bits per heavy atom. The average Bonchev–Trinajstić information content (AvgIpc) is 2.64. The number of aliphatic hydroxyl groups is 1. The molecule has 2 N–H and O–H groups in total. The van der Waals surface area contributed by atoms with Gasteiger partial charge in [0, 0.05) is 18.7 Å². The van der Waals surface area contributed by atoms with E-state index in [9.17, 15) is 20.0 Å². The molecule has 0 aliphatic rings. The van der Waals surface area contributed by atoms with Crippen LogP contribution in [0.1, 0.15) is 22.0 Å². The van der Waals surface area contributed by atoms with Crippen molar-refractivity contribution in [2.75, 3.05) is 20.8 Å². The molecule has 132 valence electrons. The van der Waals surface area contributed by atoms with Crippen LogP contribution in [0.25, 0.3) is 0 Å². The average molecular weight is 346 g/mol. The van der Waals surface area contributed by atoms with E-state index in [-0.39, 0.29) is 17.8 Å². The second-order valence-corrected chi connectivity index (χ2v) is 5.12. The van der Waals surface area contributed by atoms with E-state index in [0.717, 1.165) is 0 Å².